The first-order chi connectivity index (χ1) is 15.6. The van der Waals surface area contributed by atoms with Crippen LogP contribution in [0.15, 0.2) is 84.9 Å². The Morgan fingerprint density at radius 3 is 2.19 bits per heavy atom. The smallest absolute Gasteiger partial charge is 0.227 e. The highest BCUT2D eigenvalue weighted by molar-refractivity contribution is 5.86. The second-order valence-electron chi connectivity index (χ2n) is 9.35. The summed E-state index contributed by atoms with van der Waals surface area (Å²) in [6.45, 7) is 3.21. The Morgan fingerprint density at radius 1 is 0.906 bits per heavy atom. The number of ketones is 1. The third kappa shape index (κ3) is 3.56. The maximum absolute atomic E-state index is 13.3. The van der Waals surface area contributed by atoms with E-state index in [9.17, 15) is 9.59 Å². The molecular formula is C29H29NO2. The first-order valence-electron chi connectivity index (χ1n) is 11.5. The molecule has 1 aliphatic heterocycles. The monoisotopic (exact) mass is 423 g/mol. The van der Waals surface area contributed by atoms with E-state index in [1.807, 2.05) is 42.2 Å². The lowest BCUT2D eigenvalue weighted by Gasteiger charge is -2.45. The number of nitrogens with zero attached hydrogens (tertiary/aromatic N) is 1. The van der Waals surface area contributed by atoms with Crippen LogP contribution >= 0.6 is 0 Å². The number of fused-ring (bicyclic) bond motifs is 1. The maximum atomic E-state index is 13.3. The van der Waals surface area contributed by atoms with Crippen molar-refractivity contribution in [1.82, 2.24) is 4.90 Å². The molecule has 3 heteroatoms. The lowest BCUT2D eigenvalue weighted by Crippen LogP contribution is -2.47. The summed E-state index contributed by atoms with van der Waals surface area (Å²) in [6, 6.07) is 29.3. The Bertz CT molecular complexity index is 1080. The van der Waals surface area contributed by atoms with Crippen LogP contribution < -0.4 is 0 Å². The molecule has 2 unspecified atom stereocenters. The van der Waals surface area contributed by atoms with Gasteiger partial charge in [0.15, 0.2) is 0 Å². The Labute approximate surface area is 190 Å². The summed E-state index contributed by atoms with van der Waals surface area (Å²) in [5.74, 6) is 0.414. The van der Waals surface area contributed by atoms with E-state index in [0.717, 1.165) is 17.5 Å². The lowest BCUT2D eigenvalue weighted by atomic mass is 9.56. The normalized spacial score (nSPS) is 21.9. The number of benzene rings is 3. The quantitative estimate of drug-likeness (QED) is 0.595. The topological polar surface area (TPSA) is 37.4 Å². The number of carbonyl (C=O) groups excluding carboxylic acids is 2. The van der Waals surface area contributed by atoms with Gasteiger partial charge in [0.05, 0.1) is 6.42 Å². The highest BCUT2D eigenvalue weighted by Gasteiger charge is 2.55. The van der Waals surface area contributed by atoms with Crippen LogP contribution in [0, 0.1) is 18.8 Å². The highest BCUT2D eigenvalue weighted by Crippen LogP contribution is 2.52. The molecule has 0 bridgehead atoms. The Morgan fingerprint density at radius 2 is 1.56 bits per heavy atom. The number of carbonyl (C=O) groups is 2. The first kappa shape index (κ1) is 20.7. The molecule has 0 N–H and O–H groups in total. The second kappa shape index (κ2) is 8.38. The van der Waals surface area contributed by atoms with Crippen molar-refractivity contribution in [2.24, 2.45) is 11.8 Å². The van der Waals surface area contributed by atoms with Crippen molar-refractivity contribution >= 4 is 11.7 Å². The van der Waals surface area contributed by atoms with Crippen molar-refractivity contribution < 1.29 is 9.59 Å². The number of hydrogen-bond acceptors (Lipinski definition) is 2. The van der Waals surface area contributed by atoms with Gasteiger partial charge >= 0.3 is 0 Å². The van der Waals surface area contributed by atoms with Crippen molar-refractivity contribution in [3.05, 3.63) is 107 Å². The fourth-order valence-corrected chi connectivity index (χ4v) is 5.99. The predicted octanol–water partition coefficient (Wildman–Crippen LogP) is 4.96. The third-order valence-corrected chi connectivity index (χ3v) is 7.50. The fourth-order valence-electron chi connectivity index (χ4n) is 5.99. The van der Waals surface area contributed by atoms with E-state index in [-0.39, 0.29) is 23.2 Å². The largest absolute Gasteiger partial charge is 0.341 e. The molecule has 1 heterocycles. The van der Waals surface area contributed by atoms with Gasteiger partial charge in [-0.15, -0.1) is 0 Å². The lowest BCUT2D eigenvalue weighted by molar-refractivity contribution is -0.129. The average Bonchev–Trinajstić information content (AvgIpc) is 3.28. The van der Waals surface area contributed by atoms with Gasteiger partial charge in [0.1, 0.15) is 5.78 Å². The summed E-state index contributed by atoms with van der Waals surface area (Å²) in [5, 5.41) is 0. The summed E-state index contributed by atoms with van der Waals surface area (Å²) in [5.41, 5.74) is 4.45. The number of amides is 1. The van der Waals surface area contributed by atoms with Gasteiger partial charge in [-0.25, -0.2) is 0 Å². The van der Waals surface area contributed by atoms with Crippen LogP contribution in [0.5, 0.6) is 0 Å². The predicted molar refractivity (Wildman–Crippen MR) is 126 cm³/mol. The highest BCUT2D eigenvalue weighted by atomic mass is 16.2. The van der Waals surface area contributed by atoms with Crippen LogP contribution in [0.25, 0.3) is 0 Å². The van der Waals surface area contributed by atoms with E-state index >= 15 is 0 Å². The van der Waals surface area contributed by atoms with Crippen molar-refractivity contribution in [2.45, 2.75) is 31.6 Å². The molecule has 0 radical (unpaired) electrons. The summed E-state index contributed by atoms with van der Waals surface area (Å²) in [6.07, 6.45) is 1.74. The summed E-state index contributed by atoms with van der Waals surface area (Å²) < 4.78 is 0. The van der Waals surface area contributed by atoms with Crippen molar-refractivity contribution in [2.75, 3.05) is 13.1 Å². The van der Waals surface area contributed by atoms with Crippen LogP contribution in [0.4, 0.5) is 0 Å². The standard InChI is InChI=1S/C29H29NO2/c1-21-9-8-10-22(17-21)18-28(32)30-19-25-26(20-30)29(16-15-27(25)31,23-11-4-2-5-12-23)24-13-6-3-7-14-24/h2-14,17,25-26H,15-16,18-20H2,1H3. The van der Waals surface area contributed by atoms with Crippen molar-refractivity contribution in [3.63, 3.8) is 0 Å². The van der Waals surface area contributed by atoms with Gasteiger partial charge in [0, 0.05) is 36.8 Å². The van der Waals surface area contributed by atoms with Gasteiger partial charge < -0.3 is 4.90 Å². The van der Waals surface area contributed by atoms with Crippen LogP contribution in [0.1, 0.15) is 35.1 Å². The zero-order chi connectivity index (χ0) is 22.1. The summed E-state index contributed by atoms with van der Waals surface area (Å²) in [4.78, 5) is 28.3. The Balaban J connectivity index is 1.51. The minimum Gasteiger partial charge on any atom is -0.341 e. The van der Waals surface area contributed by atoms with Gasteiger partial charge in [0.25, 0.3) is 0 Å². The molecule has 2 fully saturated rings. The Kier molecular flexibility index (Phi) is 5.42. The molecule has 5 rings (SSSR count). The third-order valence-electron chi connectivity index (χ3n) is 7.50. The molecule has 2 atom stereocenters. The van der Waals surface area contributed by atoms with Gasteiger partial charge in [-0.3, -0.25) is 9.59 Å². The van der Waals surface area contributed by atoms with E-state index in [2.05, 4.69) is 54.6 Å². The van der Waals surface area contributed by atoms with E-state index in [4.69, 9.17) is 0 Å². The molecule has 1 amide bonds. The summed E-state index contributed by atoms with van der Waals surface area (Å²) >= 11 is 0. The molecule has 2 aliphatic rings. The van der Waals surface area contributed by atoms with Crippen molar-refractivity contribution in [1.29, 1.82) is 0 Å². The average molecular weight is 424 g/mol. The molecule has 1 saturated heterocycles. The van der Waals surface area contributed by atoms with Crippen molar-refractivity contribution in [3.8, 4) is 0 Å². The van der Waals surface area contributed by atoms with Gasteiger partial charge in [-0.2, -0.15) is 0 Å². The minimum atomic E-state index is -0.251. The molecule has 1 saturated carbocycles. The SMILES string of the molecule is Cc1cccc(CC(=O)N2CC3C(=O)CCC(c4ccccc4)(c4ccccc4)C3C2)c1. The zero-order valence-corrected chi connectivity index (χ0v) is 18.5. The number of Topliss-reactive ketones (excluding diaryl/α,β-unsaturated/α-hetero) is 1. The maximum Gasteiger partial charge on any atom is 0.227 e. The molecule has 32 heavy (non-hydrogen) atoms. The molecule has 162 valence electrons. The molecule has 3 nitrogen and oxygen atoms in total. The molecule has 1 aliphatic carbocycles. The zero-order valence-electron chi connectivity index (χ0n) is 18.5. The molecule has 0 aromatic heterocycles. The van der Waals surface area contributed by atoms with E-state index < -0.39 is 0 Å². The fraction of sp³-hybridized carbons (Fsp3) is 0.310. The van der Waals surface area contributed by atoms with Gasteiger partial charge in [0.2, 0.25) is 5.91 Å². The number of hydrogen-bond donors (Lipinski definition) is 0. The molecule has 0 spiro atoms. The van der Waals surface area contributed by atoms with Crippen LogP contribution in [0.3, 0.4) is 0 Å². The summed E-state index contributed by atoms with van der Waals surface area (Å²) in [7, 11) is 0. The number of likely N-dealkylation sites (tertiary alicyclic amines) is 1. The van der Waals surface area contributed by atoms with E-state index in [1.165, 1.54) is 11.1 Å². The molecule has 3 aromatic carbocycles. The van der Waals surface area contributed by atoms with Gasteiger partial charge in [-0.1, -0.05) is 90.5 Å². The van der Waals surface area contributed by atoms with Gasteiger partial charge in [-0.05, 0) is 30.0 Å². The number of aryl methyl sites for hydroxylation is 1. The van der Waals surface area contributed by atoms with Crippen LogP contribution in [0.2, 0.25) is 0 Å². The van der Waals surface area contributed by atoms with Crippen LogP contribution in [-0.2, 0) is 21.4 Å². The van der Waals surface area contributed by atoms with E-state index in [0.29, 0.717) is 31.7 Å². The molecule has 3 aromatic rings. The number of rotatable bonds is 4. The Hall–Kier alpha value is -3.20. The second-order valence-corrected chi connectivity index (χ2v) is 9.35. The minimum absolute atomic E-state index is 0.0926. The first-order valence-corrected chi connectivity index (χ1v) is 11.5. The molecular weight excluding hydrogens is 394 g/mol. The van der Waals surface area contributed by atoms with E-state index in [1.54, 1.807) is 0 Å². The van der Waals surface area contributed by atoms with Crippen LogP contribution in [-0.4, -0.2) is 29.7 Å².